The van der Waals surface area contributed by atoms with Gasteiger partial charge in [0.2, 0.25) is 5.88 Å². The van der Waals surface area contributed by atoms with Gasteiger partial charge < -0.3 is 19.7 Å². The lowest BCUT2D eigenvalue weighted by molar-refractivity contribution is 0.0566. The van der Waals surface area contributed by atoms with Crippen molar-refractivity contribution in [3.05, 3.63) is 70.3 Å². The zero-order valence-electron chi connectivity index (χ0n) is 24.5. The van der Waals surface area contributed by atoms with E-state index in [9.17, 15) is 9.59 Å². The molecule has 4 aromatic rings. The average molecular weight is 604 g/mol. The van der Waals surface area contributed by atoms with E-state index in [4.69, 9.17) is 21.1 Å². The van der Waals surface area contributed by atoms with Gasteiger partial charge in [-0.15, -0.1) is 0 Å². The first kappa shape index (κ1) is 28.7. The Morgan fingerprint density at radius 2 is 1.88 bits per heavy atom. The van der Waals surface area contributed by atoms with E-state index in [1.165, 1.54) is 17.3 Å². The van der Waals surface area contributed by atoms with Crippen LogP contribution in [-0.4, -0.2) is 59.2 Å². The maximum atomic E-state index is 15.8. The van der Waals surface area contributed by atoms with Crippen molar-refractivity contribution in [3.63, 3.8) is 0 Å². The van der Waals surface area contributed by atoms with Gasteiger partial charge in [-0.25, -0.2) is 19.2 Å². The van der Waals surface area contributed by atoms with Crippen LogP contribution in [0.5, 0.6) is 5.88 Å². The fraction of sp³-hybridized carbons (Fsp3) is 0.312. The van der Waals surface area contributed by atoms with Gasteiger partial charge in [0, 0.05) is 53.8 Å². The molecule has 9 nitrogen and oxygen atoms in total. The van der Waals surface area contributed by atoms with Crippen molar-refractivity contribution >= 4 is 51.6 Å². The molecular weight excluding hydrogens is 573 g/mol. The van der Waals surface area contributed by atoms with Crippen LogP contribution >= 0.6 is 11.6 Å². The van der Waals surface area contributed by atoms with Gasteiger partial charge in [-0.05, 0) is 74.9 Å². The van der Waals surface area contributed by atoms with Crippen LogP contribution in [-0.2, 0) is 11.2 Å². The van der Waals surface area contributed by atoms with E-state index in [0.29, 0.717) is 51.2 Å². The summed E-state index contributed by atoms with van der Waals surface area (Å²) in [6.07, 6.45) is 3.31. The lowest BCUT2D eigenvalue weighted by Gasteiger charge is -2.32. The van der Waals surface area contributed by atoms with Gasteiger partial charge in [-0.3, -0.25) is 9.69 Å². The molecule has 0 fully saturated rings. The number of hydrogen-bond donors (Lipinski definition) is 1. The number of anilines is 3. The van der Waals surface area contributed by atoms with Crippen LogP contribution in [0.2, 0.25) is 5.02 Å². The smallest absolute Gasteiger partial charge is 0.415 e. The molecule has 0 bridgehead atoms. The second-order valence-corrected chi connectivity index (χ2v) is 12.1. The summed E-state index contributed by atoms with van der Waals surface area (Å²) < 4.78 is 27.1. The van der Waals surface area contributed by atoms with E-state index >= 15 is 4.39 Å². The number of pyridine rings is 2. The van der Waals surface area contributed by atoms with Crippen molar-refractivity contribution in [2.75, 3.05) is 37.0 Å². The summed E-state index contributed by atoms with van der Waals surface area (Å²) in [5.74, 6) is 0.130. The normalized spacial score (nSPS) is 14.7. The van der Waals surface area contributed by atoms with Crippen molar-refractivity contribution in [2.45, 2.75) is 39.7 Å². The number of nitrogens with one attached hydrogen (secondary N) is 1. The molecule has 2 aliphatic heterocycles. The van der Waals surface area contributed by atoms with Crippen LogP contribution in [0.25, 0.3) is 21.9 Å². The minimum absolute atomic E-state index is 0.0204. The molecular formula is C32H31ClFN5O4. The number of fused-ring (bicyclic) bond motifs is 3. The maximum absolute atomic E-state index is 15.8. The van der Waals surface area contributed by atoms with Gasteiger partial charge in [0.1, 0.15) is 29.5 Å². The molecule has 0 aliphatic carbocycles. The number of halogens is 2. The predicted molar refractivity (Wildman–Crippen MR) is 164 cm³/mol. The third-order valence-electron chi connectivity index (χ3n) is 7.58. The van der Waals surface area contributed by atoms with Crippen LogP contribution in [0.3, 0.4) is 0 Å². The van der Waals surface area contributed by atoms with E-state index in [1.807, 2.05) is 18.2 Å². The summed E-state index contributed by atoms with van der Waals surface area (Å²) in [7, 11) is 1.79. The monoisotopic (exact) mass is 603 g/mol. The highest BCUT2D eigenvalue weighted by atomic mass is 35.5. The Morgan fingerprint density at radius 3 is 2.65 bits per heavy atom. The first-order chi connectivity index (χ1) is 20.4. The first-order valence-electron chi connectivity index (χ1n) is 14.0. The zero-order valence-corrected chi connectivity index (χ0v) is 25.3. The van der Waals surface area contributed by atoms with E-state index in [1.54, 1.807) is 51.8 Å². The lowest BCUT2D eigenvalue weighted by Crippen LogP contribution is -2.42. The standard InChI is InChI=1S/C32H31ClFN5O4/c1-17-23(15-36-29-28(17)39(10-11-42-29)31(41)43-32(2,3)4)22-12-19-13-25(35-16-24(19)26(33)27(22)34)37-20-7-6-18-8-9-38(5)30(40)21(18)14-20/h6-7,12-16H,8-11H2,1-5H3,(H,35,37). The SMILES string of the molecule is Cc1c(-c2cc3cc(Nc4ccc5c(c4)C(=O)N(C)CC5)ncc3c(Cl)c2F)cnc2c1N(C(=O)OC(C)(C)C)CCO2. The van der Waals surface area contributed by atoms with Crippen molar-refractivity contribution in [1.82, 2.24) is 14.9 Å². The fourth-order valence-electron chi connectivity index (χ4n) is 5.42. The van der Waals surface area contributed by atoms with Gasteiger partial charge in [0.15, 0.2) is 0 Å². The van der Waals surface area contributed by atoms with Gasteiger partial charge in [-0.1, -0.05) is 17.7 Å². The number of benzene rings is 2. The fourth-order valence-corrected chi connectivity index (χ4v) is 5.68. The van der Waals surface area contributed by atoms with Crippen molar-refractivity contribution < 1.29 is 23.5 Å². The highest BCUT2D eigenvalue weighted by Gasteiger charge is 2.32. The average Bonchev–Trinajstić information content (AvgIpc) is 2.96. The molecule has 2 aliphatic rings. The predicted octanol–water partition coefficient (Wildman–Crippen LogP) is 6.90. The molecule has 0 unspecified atom stereocenters. The number of carbonyl (C=O) groups is 2. The number of amides is 2. The molecule has 0 radical (unpaired) electrons. The summed E-state index contributed by atoms with van der Waals surface area (Å²) in [6, 6.07) is 9.14. The summed E-state index contributed by atoms with van der Waals surface area (Å²) in [6.45, 7) is 8.38. The first-order valence-corrected chi connectivity index (χ1v) is 14.4. The molecule has 1 N–H and O–H groups in total. The highest BCUT2D eigenvalue weighted by Crippen LogP contribution is 2.42. The van der Waals surface area contributed by atoms with E-state index < -0.39 is 17.5 Å². The molecule has 0 spiro atoms. The topological polar surface area (TPSA) is 96.9 Å². The van der Waals surface area contributed by atoms with E-state index in [2.05, 4.69) is 15.3 Å². The third kappa shape index (κ3) is 5.31. The molecule has 11 heteroatoms. The number of hydrogen-bond acceptors (Lipinski definition) is 7. The minimum Gasteiger partial charge on any atom is -0.474 e. The number of carbonyl (C=O) groups excluding carboxylic acids is 2. The van der Waals surface area contributed by atoms with Crippen molar-refractivity contribution in [1.29, 1.82) is 0 Å². The Balaban J connectivity index is 1.38. The highest BCUT2D eigenvalue weighted by molar-refractivity contribution is 6.36. The number of aromatic nitrogens is 2. The Hall–Kier alpha value is -4.44. The number of rotatable bonds is 3. The molecule has 2 aromatic heterocycles. The molecule has 4 heterocycles. The van der Waals surface area contributed by atoms with Gasteiger partial charge in [0.25, 0.3) is 5.91 Å². The van der Waals surface area contributed by atoms with Crippen LogP contribution in [0.1, 0.15) is 42.3 Å². The summed E-state index contributed by atoms with van der Waals surface area (Å²) in [5, 5.41) is 4.27. The second kappa shape index (κ2) is 10.7. The van der Waals surface area contributed by atoms with Gasteiger partial charge >= 0.3 is 6.09 Å². The van der Waals surface area contributed by atoms with E-state index in [0.717, 1.165) is 12.0 Å². The lowest BCUT2D eigenvalue weighted by atomic mass is 9.97. The molecule has 2 amide bonds. The number of ether oxygens (including phenoxy) is 2. The molecule has 0 saturated heterocycles. The Labute approximate surface area is 253 Å². The quantitative estimate of drug-likeness (QED) is 0.272. The molecule has 0 atom stereocenters. The zero-order chi connectivity index (χ0) is 30.6. The molecule has 2 aromatic carbocycles. The minimum atomic E-state index is -0.697. The van der Waals surface area contributed by atoms with Crippen LogP contribution in [0.4, 0.5) is 26.4 Å². The summed E-state index contributed by atoms with van der Waals surface area (Å²) in [5.41, 5.74) is 3.39. The van der Waals surface area contributed by atoms with Gasteiger partial charge in [0.05, 0.1) is 11.6 Å². The van der Waals surface area contributed by atoms with Crippen LogP contribution in [0.15, 0.2) is 42.7 Å². The molecule has 0 saturated carbocycles. The molecule has 222 valence electrons. The van der Waals surface area contributed by atoms with Gasteiger partial charge in [-0.2, -0.15) is 0 Å². The Kier molecular flexibility index (Phi) is 7.12. The van der Waals surface area contributed by atoms with Crippen LogP contribution < -0.4 is 15.0 Å². The largest absolute Gasteiger partial charge is 0.474 e. The van der Waals surface area contributed by atoms with E-state index in [-0.39, 0.29) is 35.5 Å². The van der Waals surface area contributed by atoms with Crippen molar-refractivity contribution in [3.8, 4) is 17.0 Å². The number of nitrogens with zero attached hydrogens (tertiary/aromatic N) is 4. The second-order valence-electron chi connectivity index (χ2n) is 11.7. The maximum Gasteiger partial charge on any atom is 0.415 e. The summed E-state index contributed by atoms with van der Waals surface area (Å²) in [4.78, 5) is 37.8. The molecule has 43 heavy (non-hydrogen) atoms. The Morgan fingerprint density at radius 1 is 1.09 bits per heavy atom. The Bertz CT molecular complexity index is 1810. The molecule has 6 rings (SSSR count). The summed E-state index contributed by atoms with van der Waals surface area (Å²) >= 11 is 6.54. The van der Waals surface area contributed by atoms with Crippen molar-refractivity contribution in [2.24, 2.45) is 0 Å². The number of likely N-dealkylation sites (N-methyl/N-ethyl adjacent to an activating group) is 1. The third-order valence-corrected chi connectivity index (χ3v) is 7.95. The van der Waals surface area contributed by atoms with Crippen LogP contribution in [0, 0.1) is 12.7 Å².